The molecular weight excluding hydrogens is 264 g/mol. The Balaban J connectivity index is 2.11. The van der Waals surface area contributed by atoms with Gasteiger partial charge in [-0.15, -0.1) is 0 Å². The number of carbonyl (C=O) groups is 1. The molecule has 0 radical (unpaired) electrons. The molecule has 0 spiro atoms. The highest BCUT2D eigenvalue weighted by Crippen LogP contribution is 2.10. The number of halogens is 1. The number of hydrogen-bond acceptors (Lipinski definition) is 3. The lowest BCUT2D eigenvalue weighted by Gasteiger charge is -2.16. The van der Waals surface area contributed by atoms with Gasteiger partial charge in [0.15, 0.2) is 0 Å². The molecule has 19 heavy (non-hydrogen) atoms. The maximum atomic E-state index is 12.3. The molecule has 0 atom stereocenters. The van der Waals surface area contributed by atoms with E-state index in [9.17, 15) is 4.79 Å². The van der Waals surface area contributed by atoms with Gasteiger partial charge in [-0.05, 0) is 24.6 Å². The second-order valence-corrected chi connectivity index (χ2v) is 4.83. The molecule has 0 bridgehead atoms. The van der Waals surface area contributed by atoms with E-state index in [-0.39, 0.29) is 5.91 Å². The number of nitrogens with zero attached hydrogens (tertiary/aromatic N) is 4. The largest absolute Gasteiger partial charge is 0.336 e. The Morgan fingerprint density at radius 3 is 2.74 bits per heavy atom. The van der Waals surface area contributed by atoms with Crippen LogP contribution in [0.4, 0.5) is 0 Å². The van der Waals surface area contributed by atoms with Crippen molar-refractivity contribution in [3.8, 4) is 0 Å². The Labute approximate surface area is 116 Å². The second kappa shape index (κ2) is 5.40. The van der Waals surface area contributed by atoms with Gasteiger partial charge in [0.05, 0.1) is 5.69 Å². The SMILES string of the molecule is Cc1cc(C(=O)N(C)Cc2ccc(Cl)nc2)n(C)n1. The van der Waals surface area contributed by atoms with Crippen molar-refractivity contribution in [3.05, 3.63) is 46.5 Å². The van der Waals surface area contributed by atoms with Crippen LogP contribution in [0.2, 0.25) is 5.15 Å². The minimum Gasteiger partial charge on any atom is -0.336 e. The molecule has 2 rings (SSSR count). The predicted molar refractivity (Wildman–Crippen MR) is 73.0 cm³/mol. The lowest BCUT2D eigenvalue weighted by atomic mass is 10.2. The van der Waals surface area contributed by atoms with Gasteiger partial charge in [0.25, 0.3) is 5.91 Å². The zero-order chi connectivity index (χ0) is 14.0. The molecule has 100 valence electrons. The molecule has 0 saturated heterocycles. The van der Waals surface area contributed by atoms with Gasteiger partial charge < -0.3 is 4.90 Å². The molecule has 0 N–H and O–H groups in total. The van der Waals surface area contributed by atoms with Crippen LogP contribution >= 0.6 is 11.6 Å². The van der Waals surface area contributed by atoms with Crippen LogP contribution in [0.1, 0.15) is 21.7 Å². The summed E-state index contributed by atoms with van der Waals surface area (Å²) in [4.78, 5) is 17.9. The van der Waals surface area contributed by atoms with E-state index in [1.165, 1.54) is 0 Å². The molecule has 0 unspecified atom stereocenters. The van der Waals surface area contributed by atoms with Crippen molar-refractivity contribution < 1.29 is 4.79 Å². The third-order valence-corrected chi connectivity index (χ3v) is 3.00. The minimum atomic E-state index is -0.0712. The molecule has 2 aromatic heterocycles. The van der Waals surface area contributed by atoms with Crippen molar-refractivity contribution in [3.63, 3.8) is 0 Å². The third-order valence-electron chi connectivity index (χ3n) is 2.78. The van der Waals surface area contributed by atoms with E-state index in [0.717, 1.165) is 11.3 Å². The van der Waals surface area contributed by atoms with Crippen molar-refractivity contribution in [2.24, 2.45) is 7.05 Å². The molecule has 2 aromatic rings. The molecule has 0 fully saturated rings. The summed E-state index contributed by atoms with van der Waals surface area (Å²) in [6.45, 7) is 2.34. The Kier molecular flexibility index (Phi) is 3.85. The van der Waals surface area contributed by atoms with E-state index in [1.807, 2.05) is 13.0 Å². The van der Waals surface area contributed by atoms with Crippen molar-refractivity contribution in [1.82, 2.24) is 19.7 Å². The van der Waals surface area contributed by atoms with E-state index in [0.29, 0.717) is 17.4 Å². The fourth-order valence-electron chi connectivity index (χ4n) is 1.85. The standard InChI is InChI=1S/C13H15ClN4O/c1-9-6-11(18(3)16-9)13(19)17(2)8-10-4-5-12(14)15-7-10/h4-7H,8H2,1-3H3. The maximum absolute atomic E-state index is 12.3. The molecule has 6 heteroatoms. The first-order valence-corrected chi connectivity index (χ1v) is 6.21. The second-order valence-electron chi connectivity index (χ2n) is 4.44. The first kappa shape index (κ1) is 13.5. The van der Waals surface area contributed by atoms with Crippen molar-refractivity contribution in [2.75, 3.05) is 7.05 Å². The Morgan fingerprint density at radius 2 is 2.21 bits per heavy atom. The van der Waals surface area contributed by atoms with Gasteiger partial charge in [0.1, 0.15) is 10.8 Å². The number of pyridine rings is 1. The molecule has 0 aromatic carbocycles. The van der Waals surface area contributed by atoms with E-state index >= 15 is 0 Å². The number of carbonyl (C=O) groups excluding carboxylic acids is 1. The number of aryl methyl sites for hydroxylation is 2. The van der Waals surface area contributed by atoms with E-state index in [1.54, 1.807) is 42.0 Å². The van der Waals surface area contributed by atoms with Crippen LogP contribution in [0, 0.1) is 6.92 Å². The van der Waals surface area contributed by atoms with Crippen molar-refractivity contribution >= 4 is 17.5 Å². The molecule has 0 saturated carbocycles. The Morgan fingerprint density at radius 1 is 1.47 bits per heavy atom. The monoisotopic (exact) mass is 278 g/mol. The van der Waals surface area contributed by atoms with Gasteiger partial charge >= 0.3 is 0 Å². The number of amides is 1. The summed E-state index contributed by atoms with van der Waals surface area (Å²) >= 11 is 5.73. The summed E-state index contributed by atoms with van der Waals surface area (Å²) in [6.07, 6.45) is 1.67. The van der Waals surface area contributed by atoms with Crippen LogP contribution in [0.5, 0.6) is 0 Å². The van der Waals surface area contributed by atoms with E-state index in [2.05, 4.69) is 10.1 Å². The fourth-order valence-corrected chi connectivity index (χ4v) is 1.96. The van der Waals surface area contributed by atoms with Crippen LogP contribution < -0.4 is 0 Å². The first-order chi connectivity index (χ1) is 8.97. The lowest BCUT2D eigenvalue weighted by Crippen LogP contribution is -2.28. The molecule has 0 aliphatic carbocycles. The number of hydrogen-bond donors (Lipinski definition) is 0. The molecule has 5 nitrogen and oxygen atoms in total. The summed E-state index contributed by atoms with van der Waals surface area (Å²) in [5.41, 5.74) is 2.33. The summed E-state index contributed by atoms with van der Waals surface area (Å²) in [5.74, 6) is -0.0712. The summed E-state index contributed by atoms with van der Waals surface area (Å²) in [6, 6.07) is 5.34. The Hall–Kier alpha value is -1.88. The molecule has 2 heterocycles. The lowest BCUT2D eigenvalue weighted by molar-refractivity contribution is 0.0774. The summed E-state index contributed by atoms with van der Waals surface area (Å²) in [7, 11) is 3.51. The van der Waals surface area contributed by atoms with Crippen LogP contribution in [0.15, 0.2) is 24.4 Å². The highest BCUT2D eigenvalue weighted by Gasteiger charge is 2.16. The van der Waals surface area contributed by atoms with Crippen molar-refractivity contribution in [1.29, 1.82) is 0 Å². The fraction of sp³-hybridized carbons (Fsp3) is 0.308. The van der Waals surface area contributed by atoms with Gasteiger partial charge in [-0.1, -0.05) is 17.7 Å². The first-order valence-electron chi connectivity index (χ1n) is 5.84. The summed E-state index contributed by atoms with van der Waals surface area (Å²) < 4.78 is 1.59. The Bertz CT molecular complexity index is 591. The van der Waals surface area contributed by atoms with Crippen LogP contribution in [-0.2, 0) is 13.6 Å². The third kappa shape index (κ3) is 3.12. The van der Waals surface area contributed by atoms with Gasteiger partial charge in [0.2, 0.25) is 0 Å². The molecule has 1 amide bonds. The number of aromatic nitrogens is 3. The zero-order valence-electron chi connectivity index (χ0n) is 11.1. The summed E-state index contributed by atoms with van der Waals surface area (Å²) in [5, 5.41) is 4.62. The smallest absolute Gasteiger partial charge is 0.272 e. The van der Waals surface area contributed by atoms with Gasteiger partial charge in [-0.3, -0.25) is 9.48 Å². The van der Waals surface area contributed by atoms with Crippen LogP contribution in [-0.4, -0.2) is 32.6 Å². The molecular formula is C13H15ClN4O. The van der Waals surface area contributed by atoms with E-state index < -0.39 is 0 Å². The quantitative estimate of drug-likeness (QED) is 0.808. The number of rotatable bonds is 3. The van der Waals surface area contributed by atoms with Gasteiger partial charge in [-0.2, -0.15) is 5.10 Å². The highest BCUT2D eigenvalue weighted by molar-refractivity contribution is 6.29. The average Bonchev–Trinajstić information content (AvgIpc) is 2.70. The van der Waals surface area contributed by atoms with Gasteiger partial charge in [-0.25, -0.2) is 4.98 Å². The van der Waals surface area contributed by atoms with E-state index in [4.69, 9.17) is 11.6 Å². The normalized spacial score (nSPS) is 10.5. The molecule has 0 aliphatic rings. The van der Waals surface area contributed by atoms with Crippen LogP contribution in [0.3, 0.4) is 0 Å². The average molecular weight is 279 g/mol. The molecule has 0 aliphatic heterocycles. The topological polar surface area (TPSA) is 51.0 Å². The zero-order valence-corrected chi connectivity index (χ0v) is 11.8. The predicted octanol–water partition coefficient (Wildman–Crippen LogP) is 2.05. The highest BCUT2D eigenvalue weighted by atomic mass is 35.5. The minimum absolute atomic E-state index is 0.0712. The van der Waals surface area contributed by atoms with Crippen molar-refractivity contribution in [2.45, 2.75) is 13.5 Å². The van der Waals surface area contributed by atoms with Gasteiger partial charge in [0, 0.05) is 26.8 Å². The van der Waals surface area contributed by atoms with Crippen LogP contribution in [0.25, 0.3) is 0 Å². The maximum Gasteiger partial charge on any atom is 0.272 e.